The Bertz CT molecular complexity index is 245. The summed E-state index contributed by atoms with van der Waals surface area (Å²) in [6.07, 6.45) is 2.79. The molecule has 0 radical (unpaired) electrons. The lowest BCUT2D eigenvalue weighted by atomic mass is 10.4. The standard InChI is InChI=1S/C12H21NO5/c14-12(15)2-1-3-13-4-6-16-8-10-18-11-9-17-7-5-13/h1-2H,3-11H2,(H,14,15). The van der Waals surface area contributed by atoms with Gasteiger partial charge in [-0.25, -0.2) is 4.79 Å². The lowest BCUT2D eigenvalue weighted by Gasteiger charge is -2.21. The summed E-state index contributed by atoms with van der Waals surface area (Å²) in [6, 6.07) is 0. The fourth-order valence-corrected chi connectivity index (χ4v) is 1.53. The Morgan fingerprint density at radius 2 is 1.50 bits per heavy atom. The lowest BCUT2D eigenvalue weighted by Crippen LogP contribution is -2.32. The molecule has 0 aliphatic carbocycles. The van der Waals surface area contributed by atoms with Crippen molar-refractivity contribution in [2.24, 2.45) is 0 Å². The summed E-state index contributed by atoms with van der Waals surface area (Å²) < 4.78 is 16.1. The van der Waals surface area contributed by atoms with E-state index in [0.29, 0.717) is 46.2 Å². The Labute approximate surface area is 107 Å². The van der Waals surface area contributed by atoms with E-state index in [2.05, 4.69) is 4.90 Å². The largest absolute Gasteiger partial charge is 0.478 e. The fourth-order valence-electron chi connectivity index (χ4n) is 1.53. The first-order valence-corrected chi connectivity index (χ1v) is 6.14. The molecule has 0 aromatic carbocycles. The molecule has 6 heteroatoms. The van der Waals surface area contributed by atoms with Gasteiger partial charge in [0.2, 0.25) is 0 Å². The van der Waals surface area contributed by atoms with Gasteiger partial charge in [-0.1, -0.05) is 6.08 Å². The Hall–Kier alpha value is -0.950. The van der Waals surface area contributed by atoms with Gasteiger partial charge in [0.15, 0.2) is 0 Å². The second kappa shape index (κ2) is 10.0. The molecule has 1 rings (SSSR count). The fraction of sp³-hybridized carbons (Fsp3) is 0.750. The molecule has 0 spiro atoms. The number of rotatable bonds is 3. The Morgan fingerprint density at radius 1 is 1.00 bits per heavy atom. The molecule has 0 aromatic rings. The van der Waals surface area contributed by atoms with Gasteiger partial charge in [0, 0.05) is 25.7 Å². The van der Waals surface area contributed by atoms with Gasteiger partial charge in [-0.05, 0) is 0 Å². The predicted octanol–water partition coefficient (Wildman–Crippen LogP) is -0.00740. The van der Waals surface area contributed by atoms with E-state index in [1.807, 2.05) is 0 Å². The van der Waals surface area contributed by atoms with Crippen LogP contribution in [0.4, 0.5) is 0 Å². The summed E-state index contributed by atoms with van der Waals surface area (Å²) in [5, 5.41) is 8.53. The normalized spacial score (nSPS) is 21.3. The summed E-state index contributed by atoms with van der Waals surface area (Å²) in [4.78, 5) is 12.5. The monoisotopic (exact) mass is 259 g/mol. The zero-order chi connectivity index (χ0) is 13.1. The number of carboxylic acid groups (broad SMARTS) is 1. The summed E-state index contributed by atoms with van der Waals surface area (Å²) in [6.45, 7) is 5.67. The van der Waals surface area contributed by atoms with Crippen molar-refractivity contribution < 1.29 is 24.1 Å². The molecule has 1 aliphatic rings. The van der Waals surface area contributed by atoms with E-state index < -0.39 is 5.97 Å². The minimum Gasteiger partial charge on any atom is -0.478 e. The number of ether oxygens (including phenoxy) is 3. The summed E-state index contributed by atoms with van der Waals surface area (Å²) in [7, 11) is 0. The highest BCUT2D eigenvalue weighted by atomic mass is 16.5. The van der Waals surface area contributed by atoms with E-state index in [9.17, 15) is 4.79 Å². The molecule has 1 heterocycles. The van der Waals surface area contributed by atoms with Crippen molar-refractivity contribution in [3.8, 4) is 0 Å². The second-order valence-electron chi connectivity index (χ2n) is 3.88. The van der Waals surface area contributed by atoms with Gasteiger partial charge in [-0.15, -0.1) is 0 Å². The van der Waals surface area contributed by atoms with Crippen LogP contribution in [0.15, 0.2) is 12.2 Å². The molecule has 1 saturated heterocycles. The number of nitrogens with zero attached hydrogens (tertiary/aromatic N) is 1. The molecular formula is C12H21NO5. The van der Waals surface area contributed by atoms with Gasteiger partial charge < -0.3 is 19.3 Å². The molecule has 0 atom stereocenters. The van der Waals surface area contributed by atoms with E-state index in [4.69, 9.17) is 19.3 Å². The molecule has 0 unspecified atom stereocenters. The van der Waals surface area contributed by atoms with Gasteiger partial charge in [0.1, 0.15) is 0 Å². The van der Waals surface area contributed by atoms with E-state index in [-0.39, 0.29) is 0 Å². The molecule has 0 amide bonds. The third-order valence-electron chi connectivity index (χ3n) is 2.47. The molecule has 0 bridgehead atoms. The number of hydrogen-bond donors (Lipinski definition) is 1. The Morgan fingerprint density at radius 3 is 2.00 bits per heavy atom. The van der Waals surface area contributed by atoms with Crippen molar-refractivity contribution in [1.29, 1.82) is 0 Å². The third kappa shape index (κ3) is 8.19. The highest BCUT2D eigenvalue weighted by Crippen LogP contribution is 1.93. The Balaban J connectivity index is 2.29. The molecule has 0 saturated carbocycles. The van der Waals surface area contributed by atoms with E-state index in [1.54, 1.807) is 6.08 Å². The van der Waals surface area contributed by atoms with Crippen LogP contribution in [0.25, 0.3) is 0 Å². The van der Waals surface area contributed by atoms with Crippen LogP contribution >= 0.6 is 0 Å². The SMILES string of the molecule is O=C(O)C=CCN1CCOCCOCCOCC1. The maximum atomic E-state index is 10.4. The number of aliphatic carboxylic acids is 1. The van der Waals surface area contributed by atoms with Gasteiger partial charge in [-0.3, -0.25) is 4.90 Å². The molecule has 1 aliphatic heterocycles. The molecule has 0 aromatic heterocycles. The highest BCUT2D eigenvalue weighted by molar-refractivity contribution is 5.79. The van der Waals surface area contributed by atoms with Crippen molar-refractivity contribution in [3.63, 3.8) is 0 Å². The van der Waals surface area contributed by atoms with E-state index in [0.717, 1.165) is 19.2 Å². The van der Waals surface area contributed by atoms with Crippen molar-refractivity contribution in [2.75, 3.05) is 59.3 Å². The van der Waals surface area contributed by atoms with Gasteiger partial charge in [0.05, 0.1) is 39.6 Å². The van der Waals surface area contributed by atoms with Crippen molar-refractivity contribution >= 4 is 5.97 Å². The molecule has 18 heavy (non-hydrogen) atoms. The number of carbonyl (C=O) groups is 1. The van der Waals surface area contributed by atoms with Crippen LogP contribution in [0.5, 0.6) is 0 Å². The first kappa shape index (κ1) is 15.1. The van der Waals surface area contributed by atoms with Crippen molar-refractivity contribution in [3.05, 3.63) is 12.2 Å². The summed E-state index contributed by atoms with van der Waals surface area (Å²) in [5.41, 5.74) is 0. The minimum atomic E-state index is -0.922. The zero-order valence-electron chi connectivity index (χ0n) is 10.5. The van der Waals surface area contributed by atoms with Crippen molar-refractivity contribution in [2.45, 2.75) is 0 Å². The van der Waals surface area contributed by atoms with Crippen LogP contribution in [-0.4, -0.2) is 75.3 Å². The van der Waals surface area contributed by atoms with Gasteiger partial charge in [-0.2, -0.15) is 0 Å². The summed E-state index contributed by atoms with van der Waals surface area (Å²) >= 11 is 0. The number of carboxylic acids is 1. The molecule has 1 fully saturated rings. The van der Waals surface area contributed by atoms with E-state index >= 15 is 0 Å². The second-order valence-corrected chi connectivity index (χ2v) is 3.88. The van der Waals surface area contributed by atoms with Crippen molar-refractivity contribution in [1.82, 2.24) is 4.90 Å². The van der Waals surface area contributed by atoms with Crippen LogP contribution in [0.3, 0.4) is 0 Å². The first-order valence-electron chi connectivity index (χ1n) is 6.14. The van der Waals surface area contributed by atoms with Gasteiger partial charge in [0.25, 0.3) is 0 Å². The maximum Gasteiger partial charge on any atom is 0.328 e. The highest BCUT2D eigenvalue weighted by Gasteiger charge is 2.04. The average Bonchev–Trinajstić information content (AvgIpc) is 2.31. The van der Waals surface area contributed by atoms with Crippen LogP contribution in [0, 0.1) is 0 Å². The number of hydrogen-bond acceptors (Lipinski definition) is 5. The first-order chi connectivity index (χ1) is 8.79. The van der Waals surface area contributed by atoms with E-state index in [1.165, 1.54) is 0 Å². The predicted molar refractivity (Wildman–Crippen MR) is 65.7 cm³/mol. The topological polar surface area (TPSA) is 68.2 Å². The van der Waals surface area contributed by atoms with Gasteiger partial charge >= 0.3 is 5.97 Å². The lowest BCUT2D eigenvalue weighted by molar-refractivity contribution is -0.131. The minimum absolute atomic E-state index is 0.582. The molecule has 6 nitrogen and oxygen atoms in total. The van der Waals surface area contributed by atoms with Crippen LogP contribution < -0.4 is 0 Å². The molecule has 1 N–H and O–H groups in total. The average molecular weight is 259 g/mol. The quantitative estimate of drug-likeness (QED) is 0.719. The third-order valence-corrected chi connectivity index (χ3v) is 2.47. The molecular weight excluding hydrogens is 238 g/mol. The van der Waals surface area contributed by atoms with Crippen LogP contribution in [0.1, 0.15) is 0 Å². The zero-order valence-corrected chi connectivity index (χ0v) is 10.5. The smallest absolute Gasteiger partial charge is 0.328 e. The Kier molecular flexibility index (Phi) is 8.41. The van der Waals surface area contributed by atoms with Crippen LogP contribution in [-0.2, 0) is 19.0 Å². The molecule has 104 valence electrons. The maximum absolute atomic E-state index is 10.4. The van der Waals surface area contributed by atoms with Crippen LogP contribution in [0.2, 0.25) is 0 Å². The summed E-state index contributed by atoms with van der Waals surface area (Å²) in [5.74, 6) is -0.922.